The second-order valence-corrected chi connectivity index (χ2v) is 2.82. The minimum absolute atomic E-state index is 0.171. The molecule has 3 nitrogen and oxygen atoms in total. The number of aliphatic hydroxyl groups is 2. The van der Waals surface area contributed by atoms with Gasteiger partial charge in [-0.1, -0.05) is 0 Å². The first kappa shape index (κ1) is 11.5. The van der Waals surface area contributed by atoms with Crippen LogP contribution in [0.1, 0.15) is 26.7 Å². The minimum Gasteiger partial charge on any atom is -0.496 e. The lowest BCUT2D eigenvalue weighted by molar-refractivity contribution is 0.0315. The number of rotatable bonds is 6. The van der Waals surface area contributed by atoms with Crippen LogP contribution in [-0.4, -0.2) is 29.0 Å². The van der Waals surface area contributed by atoms with E-state index in [1.54, 1.807) is 20.1 Å². The summed E-state index contributed by atoms with van der Waals surface area (Å²) >= 11 is 0. The van der Waals surface area contributed by atoms with Crippen LogP contribution >= 0.6 is 0 Å². The number of unbranched alkanes of at least 4 members (excludes halogenated alkanes) is 1. The lowest BCUT2D eigenvalue weighted by Gasteiger charge is -2.13. The maximum absolute atomic E-state index is 9.02. The van der Waals surface area contributed by atoms with Crippen LogP contribution in [0, 0.1) is 0 Å². The highest BCUT2D eigenvalue weighted by molar-refractivity contribution is 4.75. The van der Waals surface area contributed by atoms with Gasteiger partial charge in [-0.3, -0.25) is 0 Å². The lowest BCUT2D eigenvalue weighted by atomic mass is 10.3. The van der Waals surface area contributed by atoms with Gasteiger partial charge in [0.25, 0.3) is 0 Å². The molecule has 12 heavy (non-hydrogen) atoms. The van der Waals surface area contributed by atoms with Crippen molar-refractivity contribution >= 4 is 0 Å². The average molecular weight is 174 g/mol. The first-order valence-corrected chi connectivity index (χ1v) is 4.28. The summed E-state index contributed by atoms with van der Waals surface area (Å²) in [6.45, 7) is 3.70. The molecule has 0 fully saturated rings. The molecule has 0 aromatic carbocycles. The van der Waals surface area contributed by atoms with E-state index in [0.717, 1.165) is 12.8 Å². The van der Waals surface area contributed by atoms with Crippen LogP contribution in [0.5, 0.6) is 0 Å². The van der Waals surface area contributed by atoms with Gasteiger partial charge in [-0.25, -0.2) is 0 Å². The van der Waals surface area contributed by atoms with E-state index in [2.05, 4.69) is 0 Å². The summed E-state index contributed by atoms with van der Waals surface area (Å²) < 4.78 is 5.14. The van der Waals surface area contributed by atoms with Gasteiger partial charge in [0, 0.05) is 6.61 Å². The molecule has 0 aliphatic rings. The summed E-state index contributed by atoms with van der Waals surface area (Å²) in [6.07, 6.45) is 4.36. The van der Waals surface area contributed by atoms with Crippen molar-refractivity contribution < 1.29 is 14.9 Å². The van der Waals surface area contributed by atoms with Crippen molar-refractivity contribution in [2.45, 2.75) is 38.9 Å². The Morgan fingerprint density at radius 2 is 2.08 bits per heavy atom. The molecule has 0 aromatic heterocycles. The molecule has 2 unspecified atom stereocenters. The Kier molecular flexibility index (Phi) is 6.81. The smallest absolute Gasteiger partial charge is 0.120 e. The fourth-order valence-electron chi connectivity index (χ4n) is 0.570. The number of aliphatic hydroxyl groups excluding tert-OH is 2. The number of ether oxygens (including phenoxy) is 1. The molecule has 3 heteroatoms. The highest BCUT2D eigenvalue weighted by Crippen LogP contribution is 1.99. The number of hydrogen-bond donors (Lipinski definition) is 2. The molecule has 0 rings (SSSR count). The lowest BCUT2D eigenvalue weighted by Crippen LogP contribution is -2.20. The third-order valence-electron chi connectivity index (χ3n) is 1.60. The van der Waals surface area contributed by atoms with E-state index in [0.29, 0.717) is 0 Å². The van der Waals surface area contributed by atoms with Crippen LogP contribution in [0.15, 0.2) is 12.3 Å². The highest BCUT2D eigenvalue weighted by Gasteiger charge is 2.06. The first-order chi connectivity index (χ1) is 5.68. The van der Waals surface area contributed by atoms with Gasteiger partial charge >= 0.3 is 0 Å². The molecule has 2 N–H and O–H groups in total. The maximum atomic E-state index is 9.02. The van der Waals surface area contributed by atoms with Gasteiger partial charge in [0.2, 0.25) is 0 Å². The van der Waals surface area contributed by atoms with E-state index in [1.165, 1.54) is 0 Å². The molecule has 0 spiro atoms. The quantitative estimate of drug-likeness (QED) is 0.467. The Bertz CT molecular complexity index is 121. The number of hydrogen-bond acceptors (Lipinski definition) is 3. The zero-order chi connectivity index (χ0) is 9.40. The van der Waals surface area contributed by atoms with Crippen molar-refractivity contribution in [3.8, 4) is 0 Å². The Labute approximate surface area is 73.7 Å². The van der Waals surface area contributed by atoms with E-state index < -0.39 is 6.10 Å². The molecule has 0 aromatic rings. The van der Waals surface area contributed by atoms with E-state index in [9.17, 15) is 0 Å². The fraction of sp³-hybridized carbons (Fsp3) is 0.778. The van der Waals surface area contributed by atoms with Gasteiger partial charge in [0.15, 0.2) is 0 Å². The van der Waals surface area contributed by atoms with Crippen molar-refractivity contribution in [3.63, 3.8) is 0 Å². The van der Waals surface area contributed by atoms with Gasteiger partial charge < -0.3 is 14.9 Å². The SMILES string of the molecule is CC(O)C(C)O/C=C/CCCO. The average Bonchev–Trinajstić information content (AvgIpc) is 2.03. The van der Waals surface area contributed by atoms with E-state index in [-0.39, 0.29) is 12.7 Å². The number of allylic oxidation sites excluding steroid dienone is 1. The van der Waals surface area contributed by atoms with Crippen LogP contribution < -0.4 is 0 Å². The van der Waals surface area contributed by atoms with Crippen LogP contribution in [0.4, 0.5) is 0 Å². The zero-order valence-electron chi connectivity index (χ0n) is 7.73. The predicted octanol–water partition coefficient (Wildman–Crippen LogP) is 1.06. The van der Waals surface area contributed by atoms with Crippen LogP contribution in [0.25, 0.3) is 0 Å². The van der Waals surface area contributed by atoms with Crippen molar-refractivity contribution in [3.05, 3.63) is 12.3 Å². The van der Waals surface area contributed by atoms with E-state index in [4.69, 9.17) is 14.9 Å². The monoisotopic (exact) mass is 174 g/mol. The second kappa shape index (κ2) is 7.13. The molecule has 0 saturated carbocycles. The maximum Gasteiger partial charge on any atom is 0.120 e. The van der Waals surface area contributed by atoms with Crippen molar-refractivity contribution in [2.75, 3.05) is 6.61 Å². The molecule has 0 aliphatic carbocycles. The Hall–Kier alpha value is -0.540. The Morgan fingerprint density at radius 1 is 1.42 bits per heavy atom. The summed E-state index contributed by atoms with van der Waals surface area (Å²) in [6, 6.07) is 0. The van der Waals surface area contributed by atoms with Crippen LogP contribution in [0.3, 0.4) is 0 Å². The summed E-state index contributed by atoms with van der Waals surface area (Å²) in [5.74, 6) is 0. The molecule has 72 valence electrons. The molecule has 0 radical (unpaired) electrons. The van der Waals surface area contributed by atoms with Gasteiger partial charge in [-0.2, -0.15) is 0 Å². The third-order valence-corrected chi connectivity index (χ3v) is 1.60. The van der Waals surface area contributed by atoms with Gasteiger partial charge in [0.05, 0.1) is 12.4 Å². The Balaban J connectivity index is 3.33. The van der Waals surface area contributed by atoms with Crippen LogP contribution in [-0.2, 0) is 4.74 Å². The molecule has 0 heterocycles. The largest absolute Gasteiger partial charge is 0.496 e. The fourth-order valence-corrected chi connectivity index (χ4v) is 0.570. The van der Waals surface area contributed by atoms with Gasteiger partial charge in [0.1, 0.15) is 6.10 Å². The topological polar surface area (TPSA) is 49.7 Å². The van der Waals surface area contributed by atoms with Crippen LogP contribution in [0.2, 0.25) is 0 Å². The summed E-state index contributed by atoms with van der Waals surface area (Å²) in [5.41, 5.74) is 0. The van der Waals surface area contributed by atoms with Gasteiger partial charge in [-0.05, 0) is 32.8 Å². The van der Waals surface area contributed by atoms with E-state index >= 15 is 0 Å². The summed E-state index contributed by atoms with van der Waals surface area (Å²) in [7, 11) is 0. The molecular formula is C9H18O3. The predicted molar refractivity (Wildman–Crippen MR) is 47.7 cm³/mol. The normalized spacial score (nSPS) is 16.3. The van der Waals surface area contributed by atoms with E-state index in [1.807, 2.05) is 6.08 Å². The van der Waals surface area contributed by atoms with Gasteiger partial charge in [-0.15, -0.1) is 0 Å². The highest BCUT2D eigenvalue weighted by atomic mass is 16.5. The van der Waals surface area contributed by atoms with Crippen molar-refractivity contribution in [2.24, 2.45) is 0 Å². The summed E-state index contributed by atoms with van der Waals surface area (Å²) in [5, 5.41) is 17.5. The third kappa shape index (κ3) is 6.19. The van der Waals surface area contributed by atoms with Crippen molar-refractivity contribution in [1.82, 2.24) is 0 Å². The zero-order valence-corrected chi connectivity index (χ0v) is 7.73. The first-order valence-electron chi connectivity index (χ1n) is 4.28. The second-order valence-electron chi connectivity index (χ2n) is 2.82. The molecular weight excluding hydrogens is 156 g/mol. The molecule has 2 atom stereocenters. The molecule has 0 amide bonds. The van der Waals surface area contributed by atoms with Crippen molar-refractivity contribution in [1.29, 1.82) is 0 Å². The minimum atomic E-state index is -0.451. The Morgan fingerprint density at radius 3 is 2.58 bits per heavy atom. The molecule has 0 bridgehead atoms. The molecule has 0 saturated heterocycles. The standard InChI is InChI=1S/C9H18O3/c1-8(11)9(2)12-7-5-3-4-6-10/h5,7-11H,3-4,6H2,1-2H3/b7-5+. The molecule has 0 aliphatic heterocycles. The summed E-state index contributed by atoms with van der Waals surface area (Å²) in [4.78, 5) is 0.